The maximum atomic E-state index is 7.24. The highest BCUT2D eigenvalue weighted by Gasteiger charge is 2.56. The molecule has 138 valence electrons. The fraction of sp³-hybridized carbons (Fsp3) is 0.280. The zero-order chi connectivity index (χ0) is 19.0. The zero-order valence-electron chi connectivity index (χ0n) is 16.5. The van der Waals surface area contributed by atoms with E-state index in [0.29, 0.717) is 0 Å². The molecule has 1 fully saturated rings. The van der Waals surface area contributed by atoms with E-state index in [9.17, 15) is 0 Å². The normalized spacial score (nSPS) is 23.7. The van der Waals surface area contributed by atoms with Crippen molar-refractivity contribution in [1.29, 1.82) is 0 Å². The molecule has 1 heterocycles. The Kier molecular flexibility index (Phi) is 4.57. The van der Waals surface area contributed by atoms with Crippen LogP contribution in [0.1, 0.15) is 32.8 Å². The van der Waals surface area contributed by atoms with Gasteiger partial charge in [-0.15, -0.1) is 0 Å². The van der Waals surface area contributed by atoms with Gasteiger partial charge in [0.2, 0.25) is 0 Å². The summed E-state index contributed by atoms with van der Waals surface area (Å²) in [7, 11) is -2.29. The van der Waals surface area contributed by atoms with Crippen molar-refractivity contribution in [3.8, 4) is 0 Å². The molecule has 0 bridgehead atoms. The van der Waals surface area contributed by atoms with Crippen LogP contribution < -0.4 is 10.4 Å². The fourth-order valence-electron chi connectivity index (χ4n) is 4.61. The van der Waals surface area contributed by atoms with Crippen LogP contribution in [0.25, 0.3) is 0 Å². The molecule has 1 unspecified atom stereocenters. The van der Waals surface area contributed by atoms with Gasteiger partial charge in [0.15, 0.2) is 0 Å². The number of benzene rings is 3. The topological polar surface area (TPSA) is 9.23 Å². The van der Waals surface area contributed by atoms with E-state index in [1.165, 1.54) is 15.9 Å². The van der Waals surface area contributed by atoms with Gasteiger partial charge in [-0.2, -0.15) is 0 Å². The van der Waals surface area contributed by atoms with Gasteiger partial charge in [0.1, 0.15) is 0 Å². The first-order valence-electron chi connectivity index (χ1n) is 9.85. The van der Waals surface area contributed by atoms with Crippen molar-refractivity contribution in [2.75, 3.05) is 0 Å². The maximum absolute atomic E-state index is 7.24. The fourth-order valence-corrected chi connectivity index (χ4v) is 9.27. The molecule has 1 nitrogen and oxygen atoms in total. The van der Waals surface area contributed by atoms with Crippen LogP contribution in [0.3, 0.4) is 0 Å². The van der Waals surface area contributed by atoms with Gasteiger partial charge in [-0.25, -0.2) is 0 Å². The third-order valence-electron chi connectivity index (χ3n) is 6.63. The minimum atomic E-state index is -2.29. The van der Waals surface area contributed by atoms with Crippen LogP contribution in [-0.4, -0.2) is 13.9 Å². The Hall–Kier alpha value is -2.16. The molecular weight excluding hydrogens is 344 g/mol. The number of hydrogen-bond acceptors (Lipinski definition) is 1. The first kappa shape index (κ1) is 18.2. The van der Waals surface area contributed by atoms with Crippen molar-refractivity contribution in [1.82, 2.24) is 0 Å². The number of rotatable bonds is 3. The van der Waals surface area contributed by atoms with E-state index in [1.807, 2.05) is 0 Å². The van der Waals surface area contributed by atoms with E-state index < -0.39 is 8.32 Å². The van der Waals surface area contributed by atoms with Crippen molar-refractivity contribution < 1.29 is 4.43 Å². The minimum absolute atomic E-state index is 0.00563. The van der Waals surface area contributed by atoms with Crippen molar-refractivity contribution >= 4 is 18.7 Å². The van der Waals surface area contributed by atoms with Crippen LogP contribution in [0.5, 0.6) is 0 Å². The van der Waals surface area contributed by atoms with Crippen molar-refractivity contribution in [2.24, 2.45) is 0 Å². The Morgan fingerprint density at radius 3 is 1.56 bits per heavy atom. The van der Waals surface area contributed by atoms with E-state index in [1.54, 1.807) is 0 Å². The second-order valence-corrected chi connectivity index (χ2v) is 11.9. The average Bonchev–Trinajstić information content (AvgIpc) is 2.72. The average molecular weight is 373 g/mol. The highest BCUT2D eigenvalue weighted by Crippen LogP contribution is 2.48. The van der Waals surface area contributed by atoms with Crippen LogP contribution >= 0.6 is 0 Å². The molecule has 0 saturated carbocycles. The van der Waals surface area contributed by atoms with Crippen LogP contribution in [0, 0.1) is 0 Å². The second-order valence-electron chi connectivity index (χ2n) is 8.37. The Labute approximate surface area is 164 Å². The summed E-state index contributed by atoms with van der Waals surface area (Å²) in [6.07, 6.45) is 1.13. The van der Waals surface area contributed by atoms with Gasteiger partial charge < -0.3 is 4.43 Å². The van der Waals surface area contributed by atoms with Crippen LogP contribution in [0.2, 0.25) is 6.04 Å². The molecule has 0 N–H and O–H groups in total. The van der Waals surface area contributed by atoms with Gasteiger partial charge in [0.05, 0.1) is 5.60 Å². The molecule has 0 radical (unpaired) electrons. The summed E-state index contributed by atoms with van der Waals surface area (Å²) in [6.45, 7) is 6.94. The molecule has 3 aromatic rings. The lowest BCUT2D eigenvalue weighted by Crippen LogP contribution is -2.70. The van der Waals surface area contributed by atoms with Crippen molar-refractivity contribution in [3.05, 3.63) is 96.6 Å². The largest absolute Gasteiger partial charge is 0.402 e. The van der Waals surface area contributed by atoms with Gasteiger partial charge in [0.25, 0.3) is 8.32 Å². The van der Waals surface area contributed by atoms with Crippen LogP contribution in [-0.2, 0) is 9.84 Å². The van der Waals surface area contributed by atoms with Crippen molar-refractivity contribution in [3.63, 3.8) is 0 Å². The Morgan fingerprint density at radius 1 is 0.667 bits per heavy atom. The lowest BCUT2D eigenvalue weighted by Gasteiger charge is -2.55. The van der Waals surface area contributed by atoms with E-state index in [4.69, 9.17) is 4.43 Å². The molecule has 0 amide bonds. The summed E-state index contributed by atoms with van der Waals surface area (Å²) in [5, 5.41) is 2.75. The molecule has 3 aromatic carbocycles. The van der Waals surface area contributed by atoms with E-state index in [-0.39, 0.29) is 11.0 Å². The standard InChI is InChI=1S/C25H28OSi/c1-24(2)25(3,21-13-7-4-8-14-21)19-20-27(26-24,22-15-9-5-10-16-22)23-17-11-6-12-18-23/h4-18H,19-20H2,1-3H3. The molecule has 4 rings (SSSR count). The summed E-state index contributed by atoms with van der Waals surface area (Å²) < 4.78 is 7.24. The first-order valence-corrected chi connectivity index (χ1v) is 12.0. The predicted molar refractivity (Wildman–Crippen MR) is 116 cm³/mol. The van der Waals surface area contributed by atoms with E-state index >= 15 is 0 Å². The first-order chi connectivity index (χ1) is 13.0. The maximum Gasteiger partial charge on any atom is 0.256 e. The molecule has 2 heteroatoms. The molecule has 1 aliphatic heterocycles. The highest BCUT2D eigenvalue weighted by atomic mass is 28.4. The molecule has 0 spiro atoms. The Balaban J connectivity index is 1.83. The summed E-state index contributed by atoms with van der Waals surface area (Å²) >= 11 is 0. The second kappa shape index (κ2) is 6.77. The molecule has 27 heavy (non-hydrogen) atoms. The third kappa shape index (κ3) is 2.97. The molecule has 1 aliphatic rings. The zero-order valence-corrected chi connectivity index (χ0v) is 17.5. The summed E-state index contributed by atoms with van der Waals surface area (Å²) in [6, 6.07) is 33.8. The smallest absolute Gasteiger partial charge is 0.256 e. The molecule has 0 aliphatic carbocycles. The van der Waals surface area contributed by atoms with Crippen molar-refractivity contribution in [2.45, 2.75) is 44.3 Å². The van der Waals surface area contributed by atoms with Crippen LogP contribution in [0.4, 0.5) is 0 Å². The van der Waals surface area contributed by atoms with Gasteiger partial charge in [0, 0.05) is 5.41 Å². The molecule has 1 atom stereocenters. The van der Waals surface area contributed by atoms with E-state index in [2.05, 4.69) is 112 Å². The molecular formula is C25H28OSi. The summed E-state index contributed by atoms with van der Waals surface area (Å²) in [5.41, 5.74) is 1.11. The number of hydrogen-bond donors (Lipinski definition) is 0. The minimum Gasteiger partial charge on any atom is -0.402 e. The highest BCUT2D eigenvalue weighted by molar-refractivity contribution is 6.97. The molecule has 0 aromatic heterocycles. The lowest BCUT2D eigenvalue weighted by atomic mass is 9.68. The summed E-state index contributed by atoms with van der Waals surface area (Å²) in [4.78, 5) is 0. The summed E-state index contributed by atoms with van der Waals surface area (Å²) in [5.74, 6) is 0. The predicted octanol–water partition coefficient (Wildman–Crippen LogP) is 4.90. The SMILES string of the molecule is CC1(C)O[Si](c2ccccc2)(c2ccccc2)CCC1(C)c1ccccc1. The van der Waals surface area contributed by atoms with Crippen LogP contribution in [0.15, 0.2) is 91.0 Å². The Morgan fingerprint density at radius 2 is 1.11 bits per heavy atom. The van der Waals surface area contributed by atoms with Gasteiger partial charge in [-0.05, 0) is 42.2 Å². The monoisotopic (exact) mass is 372 g/mol. The van der Waals surface area contributed by atoms with E-state index in [0.717, 1.165) is 12.5 Å². The van der Waals surface area contributed by atoms with Gasteiger partial charge in [-0.3, -0.25) is 0 Å². The molecule has 1 saturated heterocycles. The third-order valence-corrected chi connectivity index (χ3v) is 11.0. The van der Waals surface area contributed by atoms with Gasteiger partial charge >= 0.3 is 0 Å². The Bertz CT molecular complexity index is 850. The quantitative estimate of drug-likeness (QED) is 0.594. The lowest BCUT2D eigenvalue weighted by molar-refractivity contribution is 0.00138. The van der Waals surface area contributed by atoms with Gasteiger partial charge in [-0.1, -0.05) is 97.9 Å².